The number of alkyl halides is 3. The second kappa shape index (κ2) is 12.6. The topological polar surface area (TPSA) is 189 Å². The molecular formula is C27H38F3NO11P2S. The molecule has 0 aliphatic heterocycles. The Kier molecular flexibility index (Phi) is 10.2. The number of carbonyl (C=O) groups is 3. The first-order valence-corrected chi connectivity index (χ1v) is 18.4. The van der Waals surface area contributed by atoms with E-state index in [1.807, 2.05) is 0 Å². The fraction of sp³-hybridized carbons (Fsp3) is 0.741. The highest BCUT2D eigenvalue weighted by Crippen LogP contribution is 2.74. The molecule has 2 unspecified atom stereocenters. The lowest BCUT2D eigenvalue weighted by Gasteiger charge is -2.63. The molecule has 0 saturated heterocycles. The quantitative estimate of drug-likeness (QED) is 0.200. The maximum absolute atomic E-state index is 18.3. The van der Waals surface area contributed by atoms with Crippen LogP contribution in [-0.2, 0) is 41.6 Å². The Morgan fingerprint density at radius 3 is 2.44 bits per heavy atom. The predicted octanol–water partition coefficient (Wildman–Crippen LogP) is 4.65. The number of thioether (sulfide) groups is 1. The SMILES string of the molecule is CCC(=O)O[C@]1(C(=O)SCF)[C@H](C)C[C@H]2[C@@H]3C[C@H](F)C4=CC(=O)C=C[C@]4(C)[C@@]3(F)[C@@H](OP(=O)(O)OP(=O)(O)OCCN)C[C@@]21C. The molecule has 254 valence electrons. The maximum Gasteiger partial charge on any atom is 0.481 e. The number of phosphoric ester groups is 2. The second-order valence-electron chi connectivity index (χ2n) is 12.3. The summed E-state index contributed by atoms with van der Waals surface area (Å²) in [4.78, 5) is 59.5. The van der Waals surface area contributed by atoms with Gasteiger partial charge in [-0.2, -0.15) is 4.31 Å². The minimum Gasteiger partial charge on any atom is -0.449 e. The number of phosphoric acid groups is 2. The Hall–Kier alpha value is -1.35. The highest BCUT2D eigenvalue weighted by atomic mass is 32.2. The third-order valence-corrected chi connectivity index (χ3v) is 13.4. The molecule has 0 heterocycles. The van der Waals surface area contributed by atoms with E-state index in [9.17, 15) is 37.7 Å². The Labute approximate surface area is 262 Å². The van der Waals surface area contributed by atoms with Crippen molar-refractivity contribution in [2.24, 2.45) is 34.3 Å². The van der Waals surface area contributed by atoms with Crippen LogP contribution >= 0.6 is 27.4 Å². The van der Waals surface area contributed by atoms with Gasteiger partial charge in [-0.05, 0) is 61.6 Å². The van der Waals surface area contributed by atoms with Crippen LogP contribution in [0.15, 0.2) is 23.8 Å². The average Bonchev–Trinajstić information content (AvgIpc) is 3.16. The van der Waals surface area contributed by atoms with E-state index in [0.717, 1.165) is 18.2 Å². The molecule has 12 nitrogen and oxygen atoms in total. The van der Waals surface area contributed by atoms with E-state index in [1.54, 1.807) is 6.92 Å². The number of ether oxygens (including phenoxy) is 1. The van der Waals surface area contributed by atoms with Gasteiger partial charge in [0.2, 0.25) is 5.12 Å². The summed E-state index contributed by atoms with van der Waals surface area (Å²) in [5.74, 6) is -4.58. The Bertz CT molecular complexity index is 1400. The van der Waals surface area contributed by atoms with Crippen LogP contribution in [-0.4, -0.2) is 69.4 Å². The van der Waals surface area contributed by atoms with E-state index in [1.165, 1.54) is 20.8 Å². The number of carbonyl (C=O) groups excluding carboxylic acids is 3. The van der Waals surface area contributed by atoms with Gasteiger partial charge in [-0.3, -0.25) is 23.4 Å². The van der Waals surface area contributed by atoms with E-state index < -0.39 is 110 Å². The number of esters is 1. The molecule has 18 heteroatoms. The van der Waals surface area contributed by atoms with Crippen molar-refractivity contribution in [3.8, 4) is 0 Å². The van der Waals surface area contributed by atoms with Crippen LogP contribution in [0.1, 0.15) is 53.4 Å². The van der Waals surface area contributed by atoms with Gasteiger partial charge >= 0.3 is 21.6 Å². The molecule has 4 aliphatic rings. The molecule has 0 amide bonds. The largest absolute Gasteiger partial charge is 0.481 e. The standard InChI is InChI=1S/C27H38F3NO11P2S/c1-5-22(33)40-27(23(34)45-14-28)15(2)10-17-18-12-20(29)19-11-16(32)6-7-24(19,3)26(18,30)21(13-25(17,27)4)41-44(37,38)42-43(35,36)39-9-8-31/h6-7,11,15,17-18,20-21H,5,8-10,12-14,31H2,1-4H3,(H,35,36)(H,37,38)/t15-,17+,18+,20+,21+,24+,25+,26+,27+/m1/s1. The summed E-state index contributed by atoms with van der Waals surface area (Å²) in [7, 11) is -11.0. The molecule has 0 aromatic rings. The van der Waals surface area contributed by atoms with Gasteiger partial charge in [0.1, 0.15) is 18.3 Å². The van der Waals surface area contributed by atoms with Crippen molar-refractivity contribution >= 4 is 44.3 Å². The Morgan fingerprint density at radius 1 is 1.18 bits per heavy atom. The Balaban J connectivity index is 1.93. The van der Waals surface area contributed by atoms with E-state index in [-0.39, 0.29) is 36.7 Å². The number of halogens is 3. The number of allylic oxidation sites excluding steroid dienone is 4. The van der Waals surface area contributed by atoms with Gasteiger partial charge in [-0.25, -0.2) is 22.3 Å². The fourth-order valence-corrected chi connectivity index (χ4v) is 11.3. The average molecular weight is 704 g/mol. The molecule has 3 fully saturated rings. The van der Waals surface area contributed by atoms with Crippen molar-refractivity contribution in [3.63, 3.8) is 0 Å². The van der Waals surface area contributed by atoms with Gasteiger partial charge in [0.25, 0.3) is 0 Å². The van der Waals surface area contributed by atoms with Gasteiger partial charge < -0.3 is 20.3 Å². The molecule has 0 aromatic carbocycles. The third kappa shape index (κ3) is 5.86. The number of rotatable bonds is 11. The molecule has 4 N–H and O–H groups in total. The lowest BCUT2D eigenvalue weighted by atomic mass is 9.44. The summed E-state index contributed by atoms with van der Waals surface area (Å²) in [6.45, 7) is 5.01. The maximum atomic E-state index is 18.3. The van der Waals surface area contributed by atoms with Crippen LogP contribution in [0.2, 0.25) is 0 Å². The van der Waals surface area contributed by atoms with Crippen LogP contribution in [0.3, 0.4) is 0 Å². The number of hydrogen-bond donors (Lipinski definition) is 3. The zero-order chi connectivity index (χ0) is 33.8. The van der Waals surface area contributed by atoms with Gasteiger partial charge in [-0.15, -0.1) is 0 Å². The van der Waals surface area contributed by atoms with E-state index in [4.69, 9.17) is 15.0 Å². The van der Waals surface area contributed by atoms with Crippen LogP contribution in [0.4, 0.5) is 13.2 Å². The van der Waals surface area contributed by atoms with E-state index >= 15 is 8.78 Å². The predicted molar refractivity (Wildman–Crippen MR) is 155 cm³/mol. The summed E-state index contributed by atoms with van der Waals surface area (Å²) in [6.07, 6.45) is -2.16. The van der Waals surface area contributed by atoms with Crippen LogP contribution in [0, 0.1) is 28.6 Å². The van der Waals surface area contributed by atoms with Crippen molar-refractivity contribution in [3.05, 3.63) is 23.8 Å². The minimum atomic E-state index is -5.71. The zero-order valence-corrected chi connectivity index (χ0v) is 27.8. The summed E-state index contributed by atoms with van der Waals surface area (Å²) < 4.78 is 93.8. The molecule has 0 radical (unpaired) electrons. The molecule has 4 rings (SSSR count). The number of ketones is 1. The molecule has 0 aromatic heterocycles. The van der Waals surface area contributed by atoms with Crippen LogP contribution in [0.25, 0.3) is 0 Å². The van der Waals surface area contributed by atoms with Crippen molar-refractivity contribution in [1.29, 1.82) is 0 Å². The van der Waals surface area contributed by atoms with Gasteiger partial charge in [0.05, 0.1) is 6.61 Å². The number of hydrogen-bond acceptors (Lipinski definition) is 11. The van der Waals surface area contributed by atoms with Gasteiger partial charge in [-0.1, -0.05) is 26.8 Å². The van der Waals surface area contributed by atoms with Crippen LogP contribution in [0.5, 0.6) is 0 Å². The number of fused-ring (bicyclic) bond motifs is 5. The zero-order valence-electron chi connectivity index (χ0n) is 25.2. The van der Waals surface area contributed by atoms with Crippen LogP contribution < -0.4 is 5.73 Å². The Morgan fingerprint density at radius 2 is 1.84 bits per heavy atom. The molecule has 3 saturated carbocycles. The molecule has 11 atom stereocenters. The summed E-state index contributed by atoms with van der Waals surface area (Å²) in [6, 6.07) is -1.18. The smallest absolute Gasteiger partial charge is 0.449 e. The summed E-state index contributed by atoms with van der Waals surface area (Å²) >= 11 is 0.240. The van der Waals surface area contributed by atoms with Crippen molar-refractivity contribution < 1.29 is 64.6 Å². The van der Waals surface area contributed by atoms with E-state index in [2.05, 4.69) is 8.83 Å². The van der Waals surface area contributed by atoms with Gasteiger partial charge in [0, 0.05) is 35.6 Å². The number of nitrogens with two attached hydrogens (primary N) is 1. The molecular weight excluding hydrogens is 665 g/mol. The highest BCUT2D eigenvalue weighted by molar-refractivity contribution is 8.13. The molecule has 45 heavy (non-hydrogen) atoms. The van der Waals surface area contributed by atoms with Crippen molar-refractivity contribution in [2.75, 3.05) is 19.2 Å². The third-order valence-electron chi connectivity index (χ3n) is 10.0. The molecule has 0 spiro atoms. The molecule has 0 bridgehead atoms. The lowest BCUT2D eigenvalue weighted by molar-refractivity contribution is -0.225. The fourth-order valence-electron chi connectivity index (χ4n) is 8.21. The first kappa shape index (κ1) is 36.5. The molecule has 4 aliphatic carbocycles. The normalized spacial score (nSPS) is 41.6. The lowest BCUT2D eigenvalue weighted by Crippen LogP contribution is -2.71. The van der Waals surface area contributed by atoms with E-state index in [0.29, 0.717) is 0 Å². The summed E-state index contributed by atoms with van der Waals surface area (Å²) in [5, 5.41) is -0.879. The minimum absolute atomic E-state index is 0.0195. The van der Waals surface area contributed by atoms with Crippen molar-refractivity contribution in [2.45, 2.75) is 76.9 Å². The second-order valence-corrected chi connectivity index (χ2v) is 16.2. The monoisotopic (exact) mass is 703 g/mol. The first-order chi connectivity index (χ1) is 20.8. The first-order valence-electron chi connectivity index (χ1n) is 14.4. The summed E-state index contributed by atoms with van der Waals surface area (Å²) in [5.41, 5.74) is -3.45. The van der Waals surface area contributed by atoms with Crippen molar-refractivity contribution in [1.82, 2.24) is 0 Å². The van der Waals surface area contributed by atoms with Gasteiger partial charge in [0.15, 0.2) is 17.1 Å². The highest BCUT2D eigenvalue weighted by Gasteiger charge is 2.79.